The standard InChI is InChI=1S/C16H21N5O2/c1-3-9(2)13(21-15(22)12-8-17-16(23)20-12)14-18-10-6-4-5-7-11(10)19-14/h4-7,9,12-13H,3,8H2,1-2H3,(H,18,19)(H,21,22)(H2,17,20,23)/t9-,12+,13+/m0/s1. The summed E-state index contributed by atoms with van der Waals surface area (Å²) in [6.45, 7) is 4.45. The maximum Gasteiger partial charge on any atom is 0.315 e. The summed E-state index contributed by atoms with van der Waals surface area (Å²) >= 11 is 0. The first-order valence-corrected chi connectivity index (χ1v) is 7.88. The molecule has 0 spiro atoms. The third kappa shape index (κ3) is 3.13. The van der Waals surface area contributed by atoms with E-state index in [0.717, 1.165) is 23.3 Å². The quantitative estimate of drug-likeness (QED) is 0.672. The number of nitrogens with zero attached hydrogens (tertiary/aromatic N) is 1. The van der Waals surface area contributed by atoms with E-state index in [0.29, 0.717) is 6.54 Å². The molecule has 3 rings (SSSR count). The summed E-state index contributed by atoms with van der Waals surface area (Å²) in [5, 5.41) is 8.22. The molecular weight excluding hydrogens is 294 g/mol. The van der Waals surface area contributed by atoms with Crippen LogP contribution in [0, 0.1) is 5.92 Å². The summed E-state index contributed by atoms with van der Waals surface area (Å²) in [6, 6.07) is 6.70. The molecule has 4 N–H and O–H groups in total. The molecule has 2 heterocycles. The van der Waals surface area contributed by atoms with Crippen LogP contribution in [0.2, 0.25) is 0 Å². The molecule has 3 amide bonds. The molecule has 23 heavy (non-hydrogen) atoms. The number of amides is 3. The van der Waals surface area contributed by atoms with E-state index in [4.69, 9.17) is 0 Å². The Labute approximate surface area is 134 Å². The summed E-state index contributed by atoms with van der Waals surface area (Å²) in [5.41, 5.74) is 1.82. The van der Waals surface area contributed by atoms with Gasteiger partial charge in [0.05, 0.1) is 17.1 Å². The van der Waals surface area contributed by atoms with Crippen LogP contribution in [0.4, 0.5) is 4.79 Å². The Morgan fingerprint density at radius 1 is 1.43 bits per heavy atom. The second-order valence-electron chi connectivity index (χ2n) is 5.92. The van der Waals surface area contributed by atoms with E-state index in [-0.39, 0.29) is 23.9 Å². The Kier molecular flexibility index (Phi) is 4.18. The van der Waals surface area contributed by atoms with E-state index in [2.05, 4.69) is 39.8 Å². The molecular formula is C16H21N5O2. The van der Waals surface area contributed by atoms with Gasteiger partial charge >= 0.3 is 6.03 Å². The minimum Gasteiger partial charge on any atom is -0.344 e. The predicted molar refractivity (Wildman–Crippen MR) is 86.8 cm³/mol. The lowest BCUT2D eigenvalue weighted by atomic mass is 9.98. The van der Waals surface area contributed by atoms with E-state index in [1.165, 1.54) is 0 Å². The van der Waals surface area contributed by atoms with E-state index < -0.39 is 6.04 Å². The second-order valence-corrected chi connectivity index (χ2v) is 5.92. The van der Waals surface area contributed by atoms with Crippen LogP contribution in [0.5, 0.6) is 0 Å². The van der Waals surface area contributed by atoms with E-state index in [1.54, 1.807) is 0 Å². The summed E-state index contributed by atoms with van der Waals surface area (Å²) in [4.78, 5) is 31.5. The zero-order valence-corrected chi connectivity index (χ0v) is 13.2. The van der Waals surface area contributed by atoms with Gasteiger partial charge in [0.2, 0.25) is 5.91 Å². The molecule has 0 unspecified atom stereocenters. The molecule has 1 aliphatic rings. The molecule has 3 atom stereocenters. The van der Waals surface area contributed by atoms with Crippen molar-refractivity contribution in [2.24, 2.45) is 5.92 Å². The van der Waals surface area contributed by atoms with Crippen LogP contribution in [0.3, 0.4) is 0 Å². The minimum atomic E-state index is -0.543. The van der Waals surface area contributed by atoms with Crippen molar-refractivity contribution in [3.63, 3.8) is 0 Å². The third-order valence-electron chi connectivity index (χ3n) is 4.30. The summed E-state index contributed by atoms with van der Waals surface area (Å²) in [6.07, 6.45) is 0.900. The molecule has 1 aromatic heterocycles. The number of benzene rings is 1. The highest BCUT2D eigenvalue weighted by Crippen LogP contribution is 2.24. The fourth-order valence-electron chi connectivity index (χ4n) is 2.70. The van der Waals surface area contributed by atoms with Gasteiger partial charge in [0.1, 0.15) is 11.9 Å². The summed E-state index contributed by atoms with van der Waals surface area (Å²) in [5.74, 6) is 0.755. The van der Waals surface area contributed by atoms with Crippen LogP contribution in [0.1, 0.15) is 32.1 Å². The van der Waals surface area contributed by atoms with Crippen molar-refractivity contribution in [1.29, 1.82) is 0 Å². The van der Waals surface area contributed by atoms with Crippen molar-refractivity contribution in [1.82, 2.24) is 25.9 Å². The normalized spacial score (nSPS) is 19.9. The van der Waals surface area contributed by atoms with E-state index >= 15 is 0 Å². The average molecular weight is 315 g/mol. The molecule has 1 fully saturated rings. The SMILES string of the molecule is CC[C@H](C)[C@@H](NC(=O)[C@H]1CNC(=O)N1)c1nc2ccccc2[nH]1. The number of imidazole rings is 1. The largest absolute Gasteiger partial charge is 0.344 e. The van der Waals surface area contributed by atoms with Crippen molar-refractivity contribution >= 4 is 23.0 Å². The highest BCUT2D eigenvalue weighted by atomic mass is 16.2. The maximum atomic E-state index is 12.4. The van der Waals surface area contributed by atoms with Crippen molar-refractivity contribution in [3.8, 4) is 0 Å². The number of H-pyrrole nitrogens is 1. The lowest BCUT2D eigenvalue weighted by Gasteiger charge is -2.23. The highest BCUT2D eigenvalue weighted by Gasteiger charge is 2.31. The number of nitrogens with one attached hydrogen (secondary N) is 4. The zero-order chi connectivity index (χ0) is 16.4. The van der Waals surface area contributed by atoms with E-state index in [1.807, 2.05) is 24.3 Å². The summed E-state index contributed by atoms with van der Waals surface area (Å²) in [7, 11) is 0. The summed E-state index contributed by atoms with van der Waals surface area (Å²) < 4.78 is 0. The first-order valence-electron chi connectivity index (χ1n) is 7.88. The van der Waals surface area contributed by atoms with Crippen molar-refractivity contribution in [2.45, 2.75) is 32.4 Å². The lowest BCUT2D eigenvalue weighted by Crippen LogP contribution is -2.45. The van der Waals surface area contributed by atoms with Crippen LogP contribution in [-0.2, 0) is 4.79 Å². The van der Waals surface area contributed by atoms with Gasteiger partial charge in [-0.1, -0.05) is 32.4 Å². The second kappa shape index (κ2) is 6.28. The van der Waals surface area contributed by atoms with Gasteiger partial charge in [0.15, 0.2) is 0 Å². The van der Waals surface area contributed by atoms with Gasteiger partial charge < -0.3 is 20.9 Å². The van der Waals surface area contributed by atoms with E-state index in [9.17, 15) is 9.59 Å². The molecule has 7 nitrogen and oxygen atoms in total. The molecule has 1 saturated heterocycles. The molecule has 2 aromatic rings. The van der Waals surface area contributed by atoms with Crippen LogP contribution >= 0.6 is 0 Å². The monoisotopic (exact) mass is 315 g/mol. The van der Waals surface area contributed by atoms with Crippen LogP contribution < -0.4 is 16.0 Å². The molecule has 1 aromatic carbocycles. The fourth-order valence-corrected chi connectivity index (χ4v) is 2.70. The van der Waals surface area contributed by atoms with Gasteiger partial charge in [-0.05, 0) is 18.1 Å². The predicted octanol–water partition coefficient (Wildman–Crippen LogP) is 1.45. The number of fused-ring (bicyclic) bond motifs is 1. The fraction of sp³-hybridized carbons (Fsp3) is 0.438. The molecule has 0 aliphatic carbocycles. The number of hydrogen-bond acceptors (Lipinski definition) is 3. The van der Waals surface area contributed by atoms with Gasteiger partial charge in [0, 0.05) is 6.54 Å². The van der Waals surface area contributed by atoms with Crippen molar-refractivity contribution in [2.75, 3.05) is 6.54 Å². The Morgan fingerprint density at radius 3 is 2.87 bits per heavy atom. The molecule has 7 heteroatoms. The smallest absolute Gasteiger partial charge is 0.315 e. The Bertz CT molecular complexity index is 693. The topological polar surface area (TPSA) is 98.9 Å². The number of carbonyl (C=O) groups is 2. The minimum absolute atomic E-state index is 0.200. The molecule has 0 saturated carbocycles. The number of aromatic amines is 1. The average Bonchev–Trinajstić information content (AvgIpc) is 3.17. The number of aromatic nitrogens is 2. The zero-order valence-electron chi connectivity index (χ0n) is 13.2. The Morgan fingerprint density at radius 2 is 2.22 bits per heavy atom. The van der Waals surface area contributed by atoms with Gasteiger partial charge in [-0.3, -0.25) is 4.79 Å². The highest BCUT2D eigenvalue weighted by molar-refractivity contribution is 5.90. The molecule has 0 radical (unpaired) electrons. The van der Waals surface area contributed by atoms with Crippen LogP contribution in [0.15, 0.2) is 24.3 Å². The van der Waals surface area contributed by atoms with Crippen LogP contribution in [0.25, 0.3) is 11.0 Å². The van der Waals surface area contributed by atoms with Gasteiger partial charge in [-0.15, -0.1) is 0 Å². The van der Waals surface area contributed by atoms with Gasteiger partial charge in [0.25, 0.3) is 0 Å². The first kappa shape index (κ1) is 15.3. The number of para-hydroxylation sites is 2. The number of rotatable bonds is 5. The number of hydrogen-bond donors (Lipinski definition) is 4. The Balaban J connectivity index is 1.82. The van der Waals surface area contributed by atoms with Crippen LogP contribution in [-0.4, -0.2) is 34.5 Å². The first-order chi connectivity index (χ1) is 11.1. The molecule has 1 aliphatic heterocycles. The number of carbonyl (C=O) groups excluding carboxylic acids is 2. The third-order valence-corrected chi connectivity index (χ3v) is 4.30. The van der Waals surface area contributed by atoms with Gasteiger partial charge in [-0.2, -0.15) is 0 Å². The molecule has 0 bridgehead atoms. The van der Waals surface area contributed by atoms with Gasteiger partial charge in [-0.25, -0.2) is 9.78 Å². The lowest BCUT2D eigenvalue weighted by molar-refractivity contribution is -0.123. The number of urea groups is 1. The van der Waals surface area contributed by atoms with Crippen molar-refractivity contribution in [3.05, 3.63) is 30.1 Å². The van der Waals surface area contributed by atoms with Crippen molar-refractivity contribution < 1.29 is 9.59 Å². The Hall–Kier alpha value is -2.57. The molecule has 122 valence electrons. The maximum absolute atomic E-state index is 12.4.